The van der Waals surface area contributed by atoms with E-state index in [0.29, 0.717) is 11.1 Å². The van der Waals surface area contributed by atoms with Gasteiger partial charge in [-0.05, 0) is 30.5 Å². The van der Waals surface area contributed by atoms with Crippen molar-refractivity contribution in [3.63, 3.8) is 0 Å². The monoisotopic (exact) mass is 440 g/mol. The van der Waals surface area contributed by atoms with Crippen LogP contribution in [-0.2, 0) is 9.53 Å². The van der Waals surface area contributed by atoms with Crippen molar-refractivity contribution in [2.75, 3.05) is 6.61 Å². The minimum atomic E-state index is -0.835. The molecule has 4 aromatic rings. The van der Waals surface area contributed by atoms with Crippen LogP contribution in [0.4, 0.5) is 0 Å². The number of para-hydroxylation sites is 1. The van der Waals surface area contributed by atoms with E-state index in [2.05, 4.69) is 9.97 Å². The summed E-state index contributed by atoms with van der Waals surface area (Å²) in [6.45, 7) is 1.72. The zero-order valence-corrected chi connectivity index (χ0v) is 20.2. The van der Waals surface area contributed by atoms with Gasteiger partial charge >= 0.3 is 63.3 Å². The predicted molar refractivity (Wildman–Crippen MR) is 110 cm³/mol. The van der Waals surface area contributed by atoms with Crippen LogP contribution < -0.4 is 56.4 Å². The Hall–Kier alpha value is -2.49. The van der Waals surface area contributed by atoms with Crippen LogP contribution in [0.15, 0.2) is 70.7 Å². The third kappa shape index (κ3) is 5.05. The number of hydrogen-bond donors (Lipinski definition) is 1. The van der Waals surface area contributed by atoms with Crippen LogP contribution in [-0.4, -0.2) is 28.4 Å². The van der Waals surface area contributed by atoms with Crippen LogP contribution in [0.5, 0.6) is 5.95 Å². The number of rotatable bonds is 6. The van der Waals surface area contributed by atoms with Gasteiger partial charge in [0.15, 0.2) is 5.78 Å². The minimum Gasteiger partial charge on any atom is -0.654 e. The number of esters is 1. The molecule has 1 N–H and O–H groups in total. The summed E-state index contributed by atoms with van der Waals surface area (Å²) in [5.41, 5.74) is 1.02. The Balaban J connectivity index is 0.00000272. The second-order valence-electron chi connectivity index (χ2n) is 6.38. The fourth-order valence-electron chi connectivity index (χ4n) is 2.96. The van der Waals surface area contributed by atoms with Gasteiger partial charge in [0.2, 0.25) is 5.89 Å². The summed E-state index contributed by atoms with van der Waals surface area (Å²) in [6.07, 6.45) is 1.16. The van der Waals surface area contributed by atoms with Gasteiger partial charge in [-0.1, -0.05) is 54.2 Å². The first-order valence-electron chi connectivity index (χ1n) is 9.28. The van der Waals surface area contributed by atoms with E-state index < -0.39 is 17.7 Å². The summed E-state index contributed by atoms with van der Waals surface area (Å²) in [6, 6.07) is 17.8. The maximum atomic E-state index is 13.1. The molecule has 4 rings (SSSR count). The number of aromatic hydroxyl groups is 1. The zero-order chi connectivity index (χ0) is 21.1. The van der Waals surface area contributed by atoms with Crippen LogP contribution in [0.1, 0.15) is 23.1 Å². The molecular formula is C23H17KN2O5. The van der Waals surface area contributed by atoms with Crippen molar-refractivity contribution in [1.29, 1.82) is 0 Å². The molecule has 0 aliphatic carbocycles. The standard InChI is InChI=1S/C23H18N2O5.K/c1-2-29-22(27)16(20(26)18-12-15-10-6-7-11-17(15)24-18)13-19-23(28)30-21(25-19)14-8-4-3-5-9-14;/h3-13H,2H2,1H3,(H2,24,26,27,28);/q;+1/p-1. The van der Waals surface area contributed by atoms with Crippen molar-refractivity contribution in [1.82, 2.24) is 9.97 Å². The topological polar surface area (TPSA) is 104 Å². The van der Waals surface area contributed by atoms with Crippen molar-refractivity contribution in [3.8, 4) is 17.4 Å². The molecule has 31 heavy (non-hydrogen) atoms. The van der Waals surface area contributed by atoms with Gasteiger partial charge in [0.1, 0.15) is 11.3 Å². The van der Waals surface area contributed by atoms with Crippen LogP contribution in [0.3, 0.4) is 0 Å². The molecule has 0 bridgehead atoms. The number of ether oxygens (including phenoxy) is 1. The smallest absolute Gasteiger partial charge is 0.654 e. The summed E-state index contributed by atoms with van der Waals surface area (Å²) in [5.74, 6) is -1.82. The molecule has 0 saturated heterocycles. The SMILES string of the molecule is CCOC(=O)/C(=C\c1nc(-c2ccccc2)oc1O)C(=O)c1cc2ccccc2[n-]1.[K+]. The van der Waals surface area contributed by atoms with Gasteiger partial charge in [-0.2, -0.15) is 0 Å². The molecule has 0 amide bonds. The van der Waals surface area contributed by atoms with E-state index in [0.717, 1.165) is 11.5 Å². The van der Waals surface area contributed by atoms with E-state index in [1.54, 1.807) is 43.3 Å². The summed E-state index contributed by atoms with van der Waals surface area (Å²) < 4.78 is 10.3. The number of carbonyl (C=O) groups excluding carboxylic acids is 2. The molecule has 0 saturated carbocycles. The van der Waals surface area contributed by atoms with E-state index in [9.17, 15) is 14.7 Å². The van der Waals surface area contributed by atoms with Gasteiger partial charge < -0.3 is 19.2 Å². The van der Waals surface area contributed by atoms with E-state index in [1.807, 2.05) is 24.3 Å². The number of oxazole rings is 1. The van der Waals surface area contributed by atoms with Crippen LogP contribution in [0, 0.1) is 0 Å². The number of hydrogen-bond acceptors (Lipinski definition) is 6. The average Bonchev–Trinajstić information content (AvgIpc) is 3.36. The Bertz CT molecular complexity index is 1220. The third-order valence-electron chi connectivity index (χ3n) is 4.38. The quantitative estimate of drug-likeness (QED) is 0.119. The summed E-state index contributed by atoms with van der Waals surface area (Å²) in [7, 11) is 0. The zero-order valence-electron chi connectivity index (χ0n) is 17.0. The van der Waals surface area contributed by atoms with Crippen molar-refractivity contribution < 1.29 is 75.2 Å². The predicted octanol–water partition coefficient (Wildman–Crippen LogP) is 0.991. The molecule has 2 aromatic heterocycles. The summed E-state index contributed by atoms with van der Waals surface area (Å²) in [5, 5.41) is 10.9. The Morgan fingerprint density at radius 2 is 1.84 bits per heavy atom. The average molecular weight is 440 g/mol. The fraction of sp³-hybridized carbons (Fsp3) is 0.0870. The number of aromatic nitrogens is 2. The van der Waals surface area contributed by atoms with Crippen LogP contribution in [0.2, 0.25) is 0 Å². The number of carbonyl (C=O) groups is 2. The molecule has 150 valence electrons. The molecule has 8 heteroatoms. The first-order valence-corrected chi connectivity index (χ1v) is 9.28. The van der Waals surface area contributed by atoms with E-state index >= 15 is 0 Å². The first kappa shape index (κ1) is 23.2. The molecule has 2 heterocycles. The van der Waals surface area contributed by atoms with E-state index in [4.69, 9.17) is 9.15 Å². The Kier molecular flexibility index (Phi) is 7.63. The van der Waals surface area contributed by atoms with Gasteiger partial charge in [-0.15, -0.1) is 5.52 Å². The normalized spacial score (nSPS) is 11.2. The second kappa shape index (κ2) is 10.2. The van der Waals surface area contributed by atoms with Crippen LogP contribution in [0.25, 0.3) is 28.4 Å². The van der Waals surface area contributed by atoms with Gasteiger partial charge in [0, 0.05) is 5.56 Å². The fourth-order valence-corrected chi connectivity index (χ4v) is 2.96. The number of fused-ring (bicyclic) bond motifs is 1. The molecule has 2 aromatic carbocycles. The minimum absolute atomic E-state index is 0. The summed E-state index contributed by atoms with van der Waals surface area (Å²) >= 11 is 0. The Labute approximate surface area is 220 Å². The summed E-state index contributed by atoms with van der Waals surface area (Å²) in [4.78, 5) is 34.0. The number of nitrogens with zero attached hydrogens (tertiary/aromatic N) is 2. The third-order valence-corrected chi connectivity index (χ3v) is 4.38. The first-order chi connectivity index (χ1) is 14.6. The Morgan fingerprint density at radius 1 is 1.13 bits per heavy atom. The van der Waals surface area contributed by atoms with Gasteiger partial charge in [-0.3, -0.25) is 4.79 Å². The molecule has 0 radical (unpaired) electrons. The van der Waals surface area contributed by atoms with Gasteiger partial charge in [0.25, 0.3) is 0 Å². The van der Waals surface area contributed by atoms with Crippen molar-refractivity contribution in [2.24, 2.45) is 0 Å². The molecule has 0 aliphatic heterocycles. The molecular weight excluding hydrogens is 423 g/mol. The molecule has 0 aliphatic rings. The second-order valence-corrected chi connectivity index (χ2v) is 6.38. The maximum Gasteiger partial charge on any atom is 1.00 e. The molecule has 7 nitrogen and oxygen atoms in total. The van der Waals surface area contributed by atoms with E-state index in [-0.39, 0.29) is 80.8 Å². The molecule has 0 fully saturated rings. The molecule has 0 spiro atoms. The van der Waals surface area contributed by atoms with Crippen LogP contribution >= 0.6 is 0 Å². The van der Waals surface area contributed by atoms with E-state index in [1.165, 1.54) is 0 Å². The molecule has 0 unspecified atom stereocenters. The number of ketones is 1. The van der Waals surface area contributed by atoms with Gasteiger partial charge in [-0.25, -0.2) is 9.78 Å². The largest absolute Gasteiger partial charge is 1.00 e. The van der Waals surface area contributed by atoms with Crippen molar-refractivity contribution >= 4 is 28.7 Å². The number of benzene rings is 2. The molecule has 0 atom stereocenters. The maximum absolute atomic E-state index is 13.1. The Morgan fingerprint density at radius 3 is 2.55 bits per heavy atom. The van der Waals surface area contributed by atoms with Crippen molar-refractivity contribution in [3.05, 3.63) is 77.6 Å². The van der Waals surface area contributed by atoms with Crippen molar-refractivity contribution in [2.45, 2.75) is 6.92 Å². The number of Topliss-reactive ketones (excluding diaryl/α,β-unsaturated/α-hetero) is 1. The van der Waals surface area contributed by atoms with Gasteiger partial charge in [0.05, 0.1) is 6.61 Å².